The van der Waals surface area contributed by atoms with E-state index in [1.807, 2.05) is 6.07 Å². The van der Waals surface area contributed by atoms with Gasteiger partial charge in [-0.1, -0.05) is 29.8 Å². The van der Waals surface area contributed by atoms with Gasteiger partial charge in [0, 0.05) is 16.6 Å². The number of rotatable bonds is 4. The van der Waals surface area contributed by atoms with Crippen LogP contribution in [0.4, 0.5) is 5.69 Å². The highest BCUT2D eigenvalue weighted by Gasteiger charge is 2.38. The summed E-state index contributed by atoms with van der Waals surface area (Å²) >= 11 is 11.0. The number of hydrogen-bond acceptors (Lipinski definition) is 6. The van der Waals surface area contributed by atoms with Crippen molar-refractivity contribution < 1.29 is 18.8 Å². The molecule has 8 nitrogen and oxygen atoms in total. The Labute approximate surface area is 180 Å². The maximum absolute atomic E-state index is 12.8. The van der Waals surface area contributed by atoms with Gasteiger partial charge >= 0.3 is 5.91 Å². The van der Waals surface area contributed by atoms with Crippen LogP contribution in [0.3, 0.4) is 0 Å². The van der Waals surface area contributed by atoms with E-state index in [0.717, 1.165) is 11.6 Å². The molecule has 0 saturated carbocycles. The van der Waals surface area contributed by atoms with E-state index in [2.05, 4.69) is 15.8 Å². The van der Waals surface area contributed by atoms with Gasteiger partial charge in [-0.25, -0.2) is 5.43 Å². The van der Waals surface area contributed by atoms with Gasteiger partial charge in [0.1, 0.15) is 5.58 Å². The molecule has 1 aliphatic heterocycles. The van der Waals surface area contributed by atoms with Crippen molar-refractivity contribution in [3.05, 3.63) is 65.4 Å². The summed E-state index contributed by atoms with van der Waals surface area (Å²) < 4.78 is 5.44. The maximum atomic E-state index is 12.8. The highest BCUT2D eigenvalue weighted by Crippen LogP contribution is 2.22. The number of para-hydroxylation sites is 1. The molecule has 3 amide bonds. The number of fused-ring (bicyclic) bond motifs is 1. The highest BCUT2D eigenvalue weighted by atomic mass is 35.5. The standard InChI is InChI=1S/C20H13ClN4O4S/c21-12-5-7-13(8-6-12)25-19(28)14(17(26)23-20(25)30)10-22-24-18(27)16-9-11-3-1-2-4-15(11)29-16/h1-10,14H,(H,24,27)(H,23,26,30)/b22-10+/t14-/m0/s1. The Morgan fingerprint density at radius 2 is 1.93 bits per heavy atom. The van der Waals surface area contributed by atoms with Crippen LogP contribution in [0.15, 0.2) is 64.1 Å². The Bertz CT molecular complexity index is 1170. The van der Waals surface area contributed by atoms with E-state index >= 15 is 0 Å². The monoisotopic (exact) mass is 440 g/mol. The van der Waals surface area contributed by atoms with E-state index in [1.54, 1.807) is 48.5 Å². The third-order valence-electron chi connectivity index (χ3n) is 4.33. The summed E-state index contributed by atoms with van der Waals surface area (Å²) in [5, 5.41) is 7.41. The van der Waals surface area contributed by atoms with E-state index in [0.29, 0.717) is 16.3 Å². The fourth-order valence-corrected chi connectivity index (χ4v) is 3.30. The molecule has 2 aromatic carbocycles. The molecule has 0 unspecified atom stereocenters. The second kappa shape index (κ2) is 8.05. The molecular weight excluding hydrogens is 428 g/mol. The van der Waals surface area contributed by atoms with Crippen LogP contribution in [0.5, 0.6) is 0 Å². The van der Waals surface area contributed by atoms with Crippen molar-refractivity contribution in [2.75, 3.05) is 4.90 Å². The SMILES string of the molecule is O=C(N/N=C/[C@H]1C(=O)NC(=S)N(c2ccc(Cl)cc2)C1=O)c1cc2ccccc2o1. The number of carbonyl (C=O) groups is 3. The van der Waals surface area contributed by atoms with Crippen LogP contribution in [-0.4, -0.2) is 29.0 Å². The first kappa shape index (κ1) is 19.7. The summed E-state index contributed by atoms with van der Waals surface area (Å²) in [5.74, 6) is -3.08. The summed E-state index contributed by atoms with van der Waals surface area (Å²) in [5.41, 5.74) is 3.26. The number of nitrogens with zero attached hydrogens (tertiary/aromatic N) is 2. The number of furan rings is 1. The molecule has 1 saturated heterocycles. The molecule has 2 heterocycles. The van der Waals surface area contributed by atoms with Gasteiger partial charge in [0.15, 0.2) is 16.8 Å². The molecule has 0 aliphatic carbocycles. The number of thiocarbonyl (C=S) groups is 1. The van der Waals surface area contributed by atoms with Crippen molar-refractivity contribution in [1.29, 1.82) is 0 Å². The zero-order valence-electron chi connectivity index (χ0n) is 15.2. The Hall–Kier alpha value is -3.56. The molecule has 1 aromatic heterocycles. The van der Waals surface area contributed by atoms with Crippen molar-refractivity contribution in [1.82, 2.24) is 10.7 Å². The zero-order chi connectivity index (χ0) is 21.3. The second-order valence-corrected chi connectivity index (χ2v) is 7.11. The second-order valence-electron chi connectivity index (χ2n) is 6.29. The smallest absolute Gasteiger partial charge is 0.307 e. The van der Waals surface area contributed by atoms with Crippen LogP contribution in [-0.2, 0) is 9.59 Å². The van der Waals surface area contributed by atoms with Crippen LogP contribution >= 0.6 is 23.8 Å². The third-order valence-corrected chi connectivity index (χ3v) is 4.86. The number of anilines is 1. The largest absolute Gasteiger partial charge is 0.451 e. The minimum atomic E-state index is -1.27. The lowest BCUT2D eigenvalue weighted by molar-refractivity contribution is -0.130. The summed E-state index contributed by atoms with van der Waals surface area (Å²) in [6.07, 6.45) is 1.04. The fourth-order valence-electron chi connectivity index (χ4n) is 2.88. The van der Waals surface area contributed by atoms with E-state index in [9.17, 15) is 14.4 Å². The Morgan fingerprint density at radius 3 is 2.67 bits per heavy atom. The molecular formula is C20H13ClN4O4S. The van der Waals surface area contributed by atoms with Gasteiger partial charge in [0.05, 0.1) is 5.69 Å². The molecule has 1 aliphatic rings. The van der Waals surface area contributed by atoms with Gasteiger partial charge in [-0.05, 0) is 48.6 Å². The first-order valence-corrected chi connectivity index (χ1v) is 9.49. The minimum absolute atomic E-state index is 0.0525. The van der Waals surface area contributed by atoms with E-state index < -0.39 is 23.6 Å². The molecule has 0 bridgehead atoms. The highest BCUT2D eigenvalue weighted by molar-refractivity contribution is 7.80. The Balaban J connectivity index is 1.49. The number of amides is 3. The van der Waals surface area contributed by atoms with Crippen LogP contribution in [0.25, 0.3) is 11.0 Å². The van der Waals surface area contributed by atoms with Gasteiger partial charge < -0.3 is 9.73 Å². The maximum Gasteiger partial charge on any atom is 0.307 e. The van der Waals surface area contributed by atoms with Gasteiger partial charge in [-0.15, -0.1) is 0 Å². The molecule has 150 valence electrons. The summed E-state index contributed by atoms with van der Waals surface area (Å²) in [6.45, 7) is 0. The van der Waals surface area contributed by atoms with Crippen molar-refractivity contribution in [2.45, 2.75) is 0 Å². The van der Waals surface area contributed by atoms with Gasteiger partial charge in [0.25, 0.3) is 5.91 Å². The number of benzene rings is 2. The lowest BCUT2D eigenvalue weighted by atomic mass is 10.1. The number of halogens is 1. The molecule has 0 spiro atoms. The lowest BCUT2D eigenvalue weighted by Gasteiger charge is -2.30. The molecule has 0 radical (unpaired) electrons. The zero-order valence-corrected chi connectivity index (χ0v) is 16.7. The van der Waals surface area contributed by atoms with Crippen LogP contribution in [0.2, 0.25) is 5.02 Å². The molecule has 1 fully saturated rings. The molecule has 3 aromatic rings. The van der Waals surface area contributed by atoms with Gasteiger partial charge in [-0.2, -0.15) is 5.10 Å². The molecule has 4 rings (SSSR count). The molecule has 2 N–H and O–H groups in total. The average molecular weight is 441 g/mol. The Kier molecular flexibility index (Phi) is 5.30. The van der Waals surface area contributed by atoms with Gasteiger partial charge in [0.2, 0.25) is 5.91 Å². The van der Waals surface area contributed by atoms with Gasteiger partial charge in [-0.3, -0.25) is 19.3 Å². The van der Waals surface area contributed by atoms with Crippen molar-refractivity contribution in [3.8, 4) is 0 Å². The summed E-state index contributed by atoms with van der Waals surface area (Å²) in [6, 6.07) is 15.1. The number of hydrazone groups is 1. The molecule has 30 heavy (non-hydrogen) atoms. The normalized spacial score (nSPS) is 16.9. The average Bonchev–Trinajstić information content (AvgIpc) is 3.16. The predicted octanol–water partition coefficient (Wildman–Crippen LogP) is 2.87. The van der Waals surface area contributed by atoms with Crippen LogP contribution < -0.4 is 15.6 Å². The van der Waals surface area contributed by atoms with Crippen molar-refractivity contribution in [2.24, 2.45) is 11.0 Å². The first-order valence-electron chi connectivity index (χ1n) is 8.70. The molecule has 1 atom stereocenters. The molecule has 10 heteroatoms. The lowest BCUT2D eigenvalue weighted by Crippen LogP contribution is -2.58. The van der Waals surface area contributed by atoms with Crippen LogP contribution in [0, 0.1) is 5.92 Å². The van der Waals surface area contributed by atoms with E-state index in [-0.39, 0.29) is 10.9 Å². The number of hydrogen-bond donors (Lipinski definition) is 2. The third kappa shape index (κ3) is 3.80. The Morgan fingerprint density at radius 1 is 1.20 bits per heavy atom. The first-order chi connectivity index (χ1) is 14.4. The number of carbonyl (C=O) groups excluding carboxylic acids is 3. The van der Waals surface area contributed by atoms with Crippen molar-refractivity contribution >= 4 is 69.5 Å². The van der Waals surface area contributed by atoms with E-state index in [4.69, 9.17) is 28.2 Å². The quantitative estimate of drug-likeness (QED) is 0.281. The topological polar surface area (TPSA) is 104 Å². The fraction of sp³-hybridized carbons (Fsp3) is 0.0500. The predicted molar refractivity (Wildman–Crippen MR) is 115 cm³/mol. The van der Waals surface area contributed by atoms with E-state index in [1.165, 1.54) is 4.90 Å². The summed E-state index contributed by atoms with van der Waals surface area (Å²) in [7, 11) is 0. The minimum Gasteiger partial charge on any atom is -0.451 e. The van der Waals surface area contributed by atoms with Crippen molar-refractivity contribution in [3.63, 3.8) is 0 Å². The summed E-state index contributed by atoms with van der Waals surface area (Å²) in [4.78, 5) is 38.4. The van der Waals surface area contributed by atoms with Crippen LogP contribution in [0.1, 0.15) is 10.6 Å². The number of nitrogens with one attached hydrogen (secondary N) is 2.